The second kappa shape index (κ2) is 4.80. The summed E-state index contributed by atoms with van der Waals surface area (Å²) in [4.78, 5) is 0. The molecule has 0 aromatic heterocycles. The molecule has 1 aromatic rings. The van der Waals surface area contributed by atoms with Gasteiger partial charge in [0.2, 0.25) is 0 Å². The lowest BCUT2D eigenvalue weighted by molar-refractivity contribution is 0.339. The third kappa shape index (κ3) is 2.60. The van der Waals surface area contributed by atoms with Crippen molar-refractivity contribution in [3.8, 4) is 0 Å². The van der Waals surface area contributed by atoms with Gasteiger partial charge in [0.15, 0.2) is 0 Å². The first kappa shape index (κ1) is 10.7. The van der Waals surface area contributed by atoms with Crippen molar-refractivity contribution in [1.82, 2.24) is 5.32 Å². The summed E-state index contributed by atoms with van der Waals surface area (Å²) in [5.41, 5.74) is 1.46. The van der Waals surface area contributed by atoms with Crippen LogP contribution in [0.4, 0.5) is 0 Å². The Kier molecular flexibility index (Phi) is 3.42. The van der Waals surface area contributed by atoms with E-state index in [1.54, 1.807) is 0 Å². The van der Waals surface area contributed by atoms with E-state index in [0.29, 0.717) is 6.04 Å². The van der Waals surface area contributed by atoms with Crippen molar-refractivity contribution in [2.45, 2.75) is 32.7 Å². The van der Waals surface area contributed by atoms with Crippen molar-refractivity contribution in [3.05, 3.63) is 35.9 Å². The second-order valence-electron chi connectivity index (χ2n) is 4.95. The van der Waals surface area contributed by atoms with Crippen molar-refractivity contribution < 1.29 is 0 Å². The molecule has 0 bridgehead atoms. The second-order valence-corrected chi connectivity index (χ2v) is 4.95. The number of rotatable bonds is 3. The molecular formula is C14H21N. The highest BCUT2D eigenvalue weighted by Gasteiger charge is 2.28. The molecule has 0 radical (unpaired) electrons. The van der Waals surface area contributed by atoms with Gasteiger partial charge < -0.3 is 5.32 Å². The molecule has 0 aliphatic carbocycles. The zero-order chi connectivity index (χ0) is 10.7. The van der Waals surface area contributed by atoms with Crippen molar-refractivity contribution in [2.24, 2.45) is 11.8 Å². The van der Waals surface area contributed by atoms with Crippen LogP contribution in [-0.2, 0) is 6.42 Å². The van der Waals surface area contributed by atoms with Gasteiger partial charge in [-0.25, -0.2) is 0 Å². The number of hydrogen-bond acceptors (Lipinski definition) is 1. The van der Waals surface area contributed by atoms with E-state index in [1.807, 2.05) is 0 Å². The molecule has 82 valence electrons. The Morgan fingerprint density at radius 2 is 2.00 bits per heavy atom. The van der Waals surface area contributed by atoms with Crippen LogP contribution >= 0.6 is 0 Å². The maximum absolute atomic E-state index is 3.64. The highest BCUT2D eigenvalue weighted by atomic mass is 14.9. The Balaban J connectivity index is 2.00. The topological polar surface area (TPSA) is 12.0 Å². The fourth-order valence-corrected chi connectivity index (χ4v) is 2.68. The van der Waals surface area contributed by atoms with E-state index in [-0.39, 0.29) is 0 Å². The highest BCUT2D eigenvalue weighted by Crippen LogP contribution is 2.26. The lowest BCUT2D eigenvalue weighted by Gasteiger charge is -2.22. The third-order valence-corrected chi connectivity index (χ3v) is 3.56. The van der Waals surface area contributed by atoms with E-state index in [4.69, 9.17) is 0 Å². The summed E-state index contributed by atoms with van der Waals surface area (Å²) in [5, 5.41) is 3.64. The van der Waals surface area contributed by atoms with Crippen LogP contribution in [0.5, 0.6) is 0 Å². The van der Waals surface area contributed by atoms with Crippen LogP contribution in [0.25, 0.3) is 0 Å². The van der Waals surface area contributed by atoms with Gasteiger partial charge in [0.05, 0.1) is 0 Å². The summed E-state index contributed by atoms with van der Waals surface area (Å²) in [6.07, 6.45) is 2.53. The van der Waals surface area contributed by atoms with Gasteiger partial charge in [-0.2, -0.15) is 0 Å². The minimum Gasteiger partial charge on any atom is -0.313 e. The van der Waals surface area contributed by atoms with Gasteiger partial charge in [0.25, 0.3) is 0 Å². The molecule has 2 unspecified atom stereocenters. The highest BCUT2D eigenvalue weighted by molar-refractivity contribution is 5.16. The van der Waals surface area contributed by atoms with Crippen LogP contribution < -0.4 is 5.32 Å². The Morgan fingerprint density at radius 1 is 1.27 bits per heavy atom. The molecule has 0 spiro atoms. The van der Waals surface area contributed by atoms with Gasteiger partial charge in [-0.15, -0.1) is 0 Å². The van der Waals surface area contributed by atoms with E-state index in [2.05, 4.69) is 49.5 Å². The molecule has 1 nitrogen and oxygen atoms in total. The third-order valence-electron chi connectivity index (χ3n) is 3.56. The Morgan fingerprint density at radius 3 is 2.67 bits per heavy atom. The SMILES string of the molecule is CC(C)C1CCNC1Cc1ccccc1. The first-order valence-corrected chi connectivity index (χ1v) is 6.04. The van der Waals surface area contributed by atoms with Crippen molar-refractivity contribution in [2.75, 3.05) is 6.54 Å². The number of hydrogen-bond donors (Lipinski definition) is 1. The van der Waals surface area contributed by atoms with Crippen LogP contribution in [0.3, 0.4) is 0 Å². The normalized spacial score (nSPS) is 26.1. The van der Waals surface area contributed by atoms with Crippen LogP contribution in [0.2, 0.25) is 0 Å². The molecule has 15 heavy (non-hydrogen) atoms. The van der Waals surface area contributed by atoms with E-state index < -0.39 is 0 Å². The van der Waals surface area contributed by atoms with Crippen molar-refractivity contribution in [3.63, 3.8) is 0 Å². The van der Waals surface area contributed by atoms with Crippen molar-refractivity contribution >= 4 is 0 Å². The summed E-state index contributed by atoms with van der Waals surface area (Å²) >= 11 is 0. The summed E-state index contributed by atoms with van der Waals surface area (Å²) in [6, 6.07) is 11.5. The molecule has 2 rings (SSSR count). The van der Waals surface area contributed by atoms with Gasteiger partial charge in [-0.3, -0.25) is 0 Å². The summed E-state index contributed by atoms with van der Waals surface area (Å²) in [7, 11) is 0. The molecule has 1 aromatic carbocycles. The number of benzene rings is 1. The van der Waals surface area contributed by atoms with E-state index in [9.17, 15) is 0 Å². The predicted molar refractivity (Wildman–Crippen MR) is 64.9 cm³/mol. The smallest absolute Gasteiger partial charge is 0.0139 e. The zero-order valence-corrected chi connectivity index (χ0v) is 9.74. The first-order chi connectivity index (χ1) is 7.27. The molecule has 1 aliphatic heterocycles. The maximum Gasteiger partial charge on any atom is 0.0139 e. The molecule has 1 heteroatoms. The van der Waals surface area contributed by atoms with Crippen molar-refractivity contribution in [1.29, 1.82) is 0 Å². The van der Waals surface area contributed by atoms with Crippen LogP contribution in [0.1, 0.15) is 25.8 Å². The minimum atomic E-state index is 0.687. The van der Waals surface area contributed by atoms with E-state index in [1.165, 1.54) is 24.9 Å². The molecule has 1 N–H and O–H groups in total. The minimum absolute atomic E-state index is 0.687. The van der Waals surface area contributed by atoms with Gasteiger partial charge in [0, 0.05) is 6.04 Å². The lowest BCUT2D eigenvalue weighted by Crippen LogP contribution is -2.31. The average molecular weight is 203 g/mol. The first-order valence-electron chi connectivity index (χ1n) is 6.04. The summed E-state index contributed by atoms with van der Waals surface area (Å²) in [5.74, 6) is 1.65. The largest absolute Gasteiger partial charge is 0.313 e. The Labute approximate surface area is 92.9 Å². The van der Waals surface area contributed by atoms with Crippen LogP contribution in [-0.4, -0.2) is 12.6 Å². The zero-order valence-electron chi connectivity index (χ0n) is 9.74. The molecule has 0 saturated carbocycles. The molecular weight excluding hydrogens is 182 g/mol. The van der Waals surface area contributed by atoms with Gasteiger partial charge >= 0.3 is 0 Å². The summed E-state index contributed by atoms with van der Waals surface area (Å²) in [6.45, 7) is 5.88. The van der Waals surface area contributed by atoms with E-state index in [0.717, 1.165) is 11.8 Å². The standard InChI is InChI=1S/C14H21N/c1-11(2)13-8-9-15-14(13)10-12-6-4-3-5-7-12/h3-7,11,13-15H,8-10H2,1-2H3. The molecule has 0 amide bonds. The van der Waals surface area contributed by atoms with Gasteiger partial charge in [0.1, 0.15) is 0 Å². The predicted octanol–water partition coefficient (Wildman–Crippen LogP) is 2.86. The van der Waals surface area contributed by atoms with Crippen LogP contribution in [0.15, 0.2) is 30.3 Å². The van der Waals surface area contributed by atoms with E-state index >= 15 is 0 Å². The fourth-order valence-electron chi connectivity index (χ4n) is 2.68. The molecule has 2 atom stereocenters. The Hall–Kier alpha value is -0.820. The quantitative estimate of drug-likeness (QED) is 0.796. The average Bonchev–Trinajstić information content (AvgIpc) is 2.67. The monoisotopic (exact) mass is 203 g/mol. The lowest BCUT2D eigenvalue weighted by atomic mass is 9.86. The van der Waals surface area contributed by atoms with Gasteiger partial charge in [-0.05, 0) is 36.8 Å². The number of nitrogens with one attached hydrogen (secondary N) is 1. The van der Waals surface area contributed by atoms with Gasteiger partial charge in [-0.1, -0.05) is 44.2 Å². The fraction of sp³-hybridized carbons (Fsp3) is 0.571. The molecule has 1 heterocycles. The summed E-state index contributed by atoms with van der Waals surface area (Å²) < 4.78 is 0. The molecule has 1 saturated heterocycles. The van der Waals surface area contributed by atoms with Crippen LogP contribution in [0, 0.1) is 11.8 Å². The molecule has 1 fully saturated rings. The Bertz CT molecular complexity index is 291. The molecule has 1 aliphatic rings. The maximum atomic E-state index is 3.64.